The van der Waals surface area contributed by atoms with Crippen LogP contribution in [0.25, 0.3) is 0 Å². The van der Waals surface area contributed by atoms with Crippen LogP contribution in [0.4, 0.5) is 0 Å². The highest BCUT2D eigenvalue weighted by atomic mass is 15.5. The van der Waals surface area contributed by atoms with Crippen molar-refractivity contribution in [3.63, 3.8) is 0 Å². The third kappa shape index (κ3) is 5.10. The molecule has 1 heterocycles. The molecule has 18 heavy (non-hydrogen) atoms. The minimum atomic E-state index is 0.483. The van der Waals surface area contributed by atoms with E-state index in [1.54, 1.807) is 6.20 Å². The summed E-state index contributed by atoms with van der Waals surface area (Å²) in [5.74, 6) is 1.31. The summed E-state index contributed by atoms with van der Waals surface area (Å²) in [5, 5.41) is 5.59. The van der Waals surface area contributed by atoms with Gasteiger partial charge in [0.1, 0.15) is 0 Å². The van der Waals surface area contributed by atoms with E-state index < -0.39 is 0 Å². The Morgan fingerprint density at radius 3 is 2.56 bits per heavy atom. The van der Waals surface area contributed by atoms with Crippen LogP contribution in [-0.2, 0) is 0 Å². The molecule has 0 aromatic heterocycles. The van der Waals surface area contributed by atoms with Crippen LogP contribution in [0, 0.1) is 11.8 Å². The fourth-order valence-corrected chi connectivity index (χ4v) is 2.24. The number of piperidine rings is 1. The molecule has 104 valence electrons. The number of hydrogen-bond acceptors (Lipinski definition) is 4. The first kappa shape index (κ1) is 15.1. The lowest BCUT2D eigenvalue weighted by Gasteiger charge is -2.34. The Morgan fingerprint density at radius 2 is 2.06 bits per heavy atom. The zero-order valence-corrected chi connectivity index (χ0v) is 11.9. The molecule has 4 heteroatoms. The standard InChI is InChI=1S/C14H28N4/c1-12(2)14(5-4-8-15)17-18-9-6-13(7-10-18)11-16-3/h4-5,8,12-13,16-17H,6-7,9-11,15H2,1-3H3/b8-4-,14-5-. The van der Waals surface area contributed by atoms with Gasteiger partial charge in [0.2, 0.25) is 0 Å². The second-order valence-electron chi connectivity index (χ2n) is 5.26. The first-order valence-corrected chi connectivity index (χ1v) is 6.92. The topological polar surface area (TPSA) is 53.3 Å². The molecule has 0 unspecified atom stereocenters. The minimum Gasteiger partial charge on any atom is -0.405 e. The Bertz CT molecular complexity index is 276. The monoisotopic (exact) mass is 252 g/mol. The van der Waals surface area contributed by atoms with Gasteiger partial charge in [0.05, 0.1) is 0 Å². The molecule has 0 aliphatic carbocycles. The summed E-state index contributed by atoms with van der Waals surface area (Å²) in [6.45, 7) is 7.75. The van der Waals surface area contributed by atoms with Crippen LogP contribution in [0.1, 0.15) is 26.7 Å². The van der Waals surface area contributed by atoms with Crippen molar-refractivity contribution >= 4 is 0 Å². The van der Waals surface area contributed by atoms with Gasteiger partial charge < -0.3 is 16.5 Å². The maximum Gasteiger partial charge on any atom is 0.0290 e. The second kappa shape index (κ2) is 8.16. The number of allylic oxidation sites excluding steroid dienone is 3. The molecule has 1 aliphatic rings. The number of hydrogen-bond donors (Lipinski definition) is 3. The first-order chi connectivity index (χ1) is 8.67. The summed E-state index contributed by atoms with van der Waals surface area (Å²) in [7, 11) is 2.03. The molecule has 1 saturated heterocycles. The molecule has 1 fully saturated rings. The number of nitrogens with zero attached hydrogens (tertiary/aromatic N) is 1. The van der Waals surface area contributed by atoms with Gasteiger partial charge in [-0.2, -0.15) is 0 Å². The molecule has 0 amide bonds. The van der Waals surface area contributed by atoms with E-state index in [9.17, 15) is 0 Å². The van der Waals surface area contributed by atoms with Crippen molar-refractivity contribution in [3.8, 4) is 0 Å². The van der Waals surface area contributed by atoms with E-state index >= 15 is 0 Å². The molecule has 0 radical (unpaired) electrons. The smallest absolute Gasteiger partial charge is 0.0290 e. The van der Waals surface area contributed by atoms with E-state index in [-0.39, 0.29) is 0 Å². The lowest BCUT2D eigenvalue weighted by atomic mass is 9.98. The molecular formula is C14H28N4. The molecule has 4 nitrogen and oxygen atoms in total. The number of nitrogens with two attached hydrogens (primary N) is 1. The van der Waals surface area contributed by atoms with Crippen molar-refractivity contribution in [2.45, 2.75) is 26.7 Å². The highest BCUT2D eigenvalue weighted by Gasteiger charge is 2.19. The van der Waals surface area contributed by atoms with Crippen LogP contribution in [-0.4, -0.2) is 31.7 Å². The van der Waals surface area contributed by atoms with Gasteiger partial charge in [-0.05, 0) is 56.6 Å². The number of rotatable bonds is 6. The largest absolute Gasteiger partial charge is 0.405 e. The Labute approximate surface area is 111 Å². The fraction of sp³-hybridized carbons (Fsp3) is 0.714. The second-order valence-corrected chi connectivity index (χ2v) is 5.26. The average Bonchev–Trinajstić information content (AvgIpc) is 2.36. The van der Waals surface area contributed by atoms with Gasteiger partial charge in [0.15, 0.2) is 0 Å². The Kier molecular flexibility index (Phi) is 6.83. The predicted octanol–water partition coefficient (Wildman–Crippen LogP) is 1.43. The van der Waals surface area contributed by atoms with Gasteiger partial charge in [0, 0.05) is 18.8 Å². The Hall–Kier alpha value is -1.00. The normalized spacial score (nSPS) is 19.9. The summed E-state index contributed by atoms with van der Waals surface area (Å²) in [6, 6.07) is 0. The van der Waals surface area contributed by atoms with E-state index in [0.29, 0.717) is 5.92 Å². The van der Waals surface area contributed by atoms with Gasteiger partial charge in [-0.15, -0.1) is 0 Å². The molecule has 0 spiro atoms. The van der Waals surface area contributed by atoms with Crippen molar-refractivity contribution in [1.82, 2.24) is 15.8 Å². The van der Waals surface area contributed by atoms with E-state index in [2.05, 4.69) is 35.7 Å². The minimum absolute atomic E-state index is 0.483. The van der Waals surface area contributed by atoms with Crippen LogP contribution in [0.15, 0.2) is 24.0 Å². The molecule has 0 saturated carbocycles. The third-order valence-corrected chi connectivity index (χ3v) is 3.40. The highest BCUT2D eigenvalue weighted by molar-refractivity contribution is 5.11. The van der Waals surface area contributed by atoms with E-state index in [4.69, 9.17) is 5.73 Å². The molecule has 4 N–H and O–H groups in total. The predicted molar refractivity (Wildman–Crippen MR) is 77.6 cm³/mol. The average molecular weight is 252 g/mol. The SMILES string of the molecule is CNCC1CCN(N/C(=C\C=C/N)C(C)C)CC1. The van der Waals surface area contributed by atoms with Crippen LogP contribution in [0.2, 0.25) is 0 Å². The van der Waals surface area contributed by atoms with Gasteiger partial charge >= 0.3 is 0 Å². The van der Waals surface area contributed by atoms with Crippen molar-refractivity contribution in [2.75, 3.05) is 26.7 Å². The molecule has 0 aromatic carbocycles. The van der Waals surface area contributed by atoms with Gasteiger partial charge in [-0.25, -0.2) is 5.01 Å². The Balaban J connectivity index is 2.42. The molecule has 0 aromatic rings. The van der Waals surface area contributed by atoms with Crippen LogP contribution >= 0.6 is 0 Å². The lowest BCUT2D eigenvalue weighted by Crippen LogP contribution is -2.45. The molecular weight excluding hydrogens is 224 g/mol. The Morgan fingerprint density at radius 1 is 1.39 bits per heavy atom. The number of hydrazine groups is 1. The quantitative estimate of drug-likeness (QED) is 0.626. The van der Waals surface area contributed by atoms with Crippen molar-refractivity contribution < 1.29 is 0 Å². The summed E-state index contributed by atoms with van der Waals surface area (Å²) in [5.41, 5.74) is 10.1. The first-order valence-electron chi connectivity index (χ1n) is 6.92. The molecule has 1 aliphatic heterocycles. The van der Waals surface area contributed by atoms with Gasteiger partial charge in [-0.1, -0.05) is 13.8 Å². The summed E-state index contributed by atoms with van der Waals surface area (Å²) in [4.78, 5) is 0. The van der Waals surface area contributed by atoms with E-state index in [1.165, 1.54) is 18.5 Å². The van der Waals surface area contributed by atoms with Crippen LogP contribution in [0.5, 0.6) is 0 Å². The van der Waals surface area contributed by atoms with E-state index in [1.807, 2.05) is 13.1 Å². The number of nitrogens with one attached hydrogen (secondary N) is 2. The van der Waals surface area contributed by atoms with Crippen LogP contribution in [0.3, 0.4) is 0 Å². The third-order valence-electron chi connectivity index (χ3n) is 3.40. The maximum atomic E-state index is 5.39. The zero-order chi connectivity index (χ0) is 13.4. The van der Waals surface area contributed by atoms with Crippen molar-refractivity contribution in [3.05, 3.63) is 24.0 Å². The van der Waals surface area contributed by atoms with Gasteiger partial charge in [0.25, 0.3) is 0 Å². The molecule has 0 bridgehead atoms. The summed E-state index contributed by atoms with van der Waals surface area (Å²) >= 11 is 0. The summed E-state index contributed by atoms with van der Waals surface area (Å²) in [6.07, 6.45) is 8.03. The van der Waals surface area contributed by atoms with Gasteiger partial charge in [-0.3, -0.25) is 0 Å². The molecule has 1 rings (SSSR count). The fourth-order valence-electron chi connectivity index (χ4n) is 2.24. The van der Waals surface area contributed by atoms with E-state index in [0.717, 1.165) is 25.6 Å². The molecule has 0 atom stereocenters. The zero-order valence-electron chi connectivity index (χ0n) is 11.9. The van der Waals surface area contributed by atoms with Crippen LogP contribution < -0.4 is 16.5 Å². The summed E-state index contributed by atoms with van der Waals surface area (Å²) < 4.78 is 0. The maximum absolute atomic E-state index is 5.39. The lowest BCUT2D eigenvalue weighted by molar-refractivity contribution is 0.135. The highest BCUT2D eigenvalue weighted by Crippen LogP contribution is 2.16. The van der Waals surface area contributed by atoms with Crippen molar-refractivity contribution in [1.29, 1.82) is 0 Å². The van der Waals surface area contributed by atoms with Crippen molar-refractivity contribution in [2.24, 2.45) is 17.6 Å².